The third kappa shape index (κ3) is 45.8. The van der Waals surface area contributed by atoms with Crippen molar-refractivity contribution in [2.45, 2.75) is 156 Å². The number of carboxylic acids is 1. The molecule has 4 aromatic carbocycles. The van der Waals surface area contributed by atoms with E-state index >= 15 is 0 Å². The largest absolute Gasteiger partial charge is 1.00 e. The SMILES string of the molecule is CC(C)(Oc1ccc(CCNC(=O)c2ccc(Cl)cc2)cc1)C(=O)O.CC(COC(=O)OC(C)Cl)NC(=O)OC(C)(C)C.CC(COC(=O)OC(C)OC(=O)C(C)(C)Oc1ccc(CCNC(=O)c2ccc(Cl)cc2)cc1)NC(=O)OC(C)(C)C.O=CO[O-].[2H]CF.[Cs+].[Cs+].[H-]. The fraction of sp³-hybridized carbons (Fsp3) is 0.468. The van der Waals surface area contributed by atoms with Crippen molar-refractivity contribution in [1.82, 2.24) is 21.3 Å². The van der Waals surface area contributed by atoms with Gasteiger partial charge >= 0.3 is 174 Å². The number of carboxylic acid groups (broad SMARTS) is 1. The third-order valence-electron chi connectivity index (χ3n) is 10.5. The number of ether oxygens (including phenoxy) is 9. The van der Waals surface area contributed by atoms with Crippen LogP contribution in [0.15, 0.2) is 97.1 Å². The molecule has 93 heavy (non-hydrogen) atoms. The van der Waals surface area contributed by atoms with Crippen LogP contribution in [0.5, 0.6) is 11.5 Å². The summed E-state index contributed by atoms with van der Waals surface area (Å²) < 4.78 is 61.3. The van der Waals surface area contributed by atoms with Gasteiger partial charge in [0.15, 0.2) is 16.8 Å². The molecule has 0 aliphatic heterocycles. The Hall–Kier alpha value is -4.23. The number of aliphatic carboxylic acids is 1. The Balaban J connectivity index is -0.000000663. The standard InChI is InChI=1S/C30H39ClN2O9.C19H20ClNO4.C11H20ClNO5.CH3F.CH2O3.2Cs.H/c1-19(33-27(36)42-29(3,4)5)18-38-28(37)40-20(2)39-26(35)30(6,7)41-24-14-8-21(9-15-24)16-17-32-25(34)22-10-12-23(31)13-11-22;1-19(2,18(23)24)25-16-9-3-13(4-10-16)11-12-21-17(22)14-5-7-15(20)8-6-14;1-7(6-16-10(15)17-8(2)12)13-9(14)18-11(3,4)5;1-2;2-1-4-3;;;/h8-15,19-20H,16-18H2,1-7H3,(H,32,34)(H,33,36);3-10H,11-12H2,1-2H3,(H,21,22)(H,23,24);7-8H,6H2,1-5H3,(H,13,14);1H3;1,3H;;;/q;;;;;2*+1;-1/p-1/i;;;1D;;;;. The maximum atomic E-state index is 12.7. The van der Waals surface area contributed by atoms with Crippen molar-refractivity contribution in [1.29, 1.82) is 0 Å². The zero-order valence-electron chi connectivity index (χ0n) is 57.2. The summed E-state index contributed by atoms with van der Waals surface area (Å²) in [6.07, 6.45) is -3.19. The summed E-state index contributed by atoms with van der Waals surface area (Å²) >= 11 is 17.1. The van der Waals surface area contributed by atoms with Crippen molar-refractivity contribution < 1.29 is 246 Å². The van der Waals surface area contributed by atoms with E-state index in [9.17, 15) is 42.7 Å². The number of amides is 4. The molecule has 0 saturated carbocycles. The second-order valence-corrected chi connectivity index (χ2v) is 23.5. The van der Waals surface area contributed by atoms with Gasteiger partial charge in [0.2, 0.25) is 6.29 Å². The minimum atomic E-state index is -1.40. The van der Waals surface area contributed by atoms with E-state index in [-0.39, 0.29) is 171 Å². The predicted molar refractivity (Wildman–Crippen MR) is 334 cm³/mol. The molecule has 5 N–H and O–H groups in total. The summed E-state index contributed by atoms with van der Waals surface area (Å²) in [6.45, 7) is 23.2. The monoisotopic (exact) mass is 1610 g/mol. The summed E-state index contributed by atoms with van der Waals surface area (Å²) in [5.74, 6) is -1.23. The Morgan fingerprint density at radius 2 is 0.925 bits per heavy atom. The third-order valence-corrected chi connectivity index (χ3v) is 11.1. The number of alkyl carbamates (subject to hydrolysis) is 2. The summed E-state index contributed by atoms with van der Waals surface area (Å²) in [7, 11) is -1.00. The molecule has 0 spiro atoms. The van der Waals surface area contributed by atoms with E-state index in [0.29, 0.717) is 58.6 Å². The first kappa shape index (κ1) is 90.8. The van der Waals surface area contributed by atoms with Crippen LogP contribution in [0.25, 0.3) is 0 Å². The normalized spacial score (nSPS) is 11.9. The number of benzene rings is 4. The first-order valence-corrected chi connectivity index (χ1v) is 28.9. The molecular formula is C62H84Cl3Cs2FN4O21. The topological polar surface area (TPSA) is 337 Å². The van der Waals surface area contributed by atoms with E-state index in [1.807, 2.05) is 24.3 Å². The van der Waals surface area contributed by atoms with Gasteiger partial charge in [0.1, 0.15) is 35.9 Å². The summed E-state index contributed by atoms with van der Waals surface area (Å²) in [4.78, 5) is 105. The van der Waals surface area contributed by atoms with Crippen LogP contribution in [0.1, 0.15) is 132 Å². The molecule has 0 bridgehead atoms. The van der Waals surface area contributed by atoms with Crippen LogP contribution in [0.4, 0.5) is 23.6 Å². The van der Waals surface area contributed by atoms with Gasteiger partial charge in [-0.05, 0) is 187 Å². The molecule has 4 rings (SSSR count). The van der Waals surface area contributed by atoms with E-state index < -0.39 is 89.9 Å². The minimum absolute atomic E-state index is 0. The van der Waals surface area contributed by atoms with Crippen LogP contribution in [-0.2, 0) is 65.3 Å². The van der Waals surface area contributed by atoms with Gasteiger partial charge in [0.25, 0.3) is 18.3 Å². The Morgan fingerprint density at radius 3 is 1.24 bits per heavy atom. The van der Waals surface area contributed by atoms with Crippen LogP contribution in [0.2, 0.25) is 10.0 Å². The van der Waals surface area contributed by atoms with Gasteiger partial charge in [0, 0.05) is 41.2 Å². The molecule has 0 aromatic heterocycles. The van der Waals surface area contributed by atoms with Gasteiger partial charge in [-0.1, -0.05) is 59.1 Å². The quantitative estimate of drug-likeness (QED) is 0.0120. The van der Waals surface area contributed by atoms with Crippen LogP contribution >= 0.6 is 34.8 Å². The number of esters is 1. The number of halogens is 4. The van der Waals surface area contributed by atoms with Gasteiger partial charge in [-0.3, -0.25) is 18.8 Å². The van der Waals surface area contributed by atoms with Gasteiger partial charge in [-0.15, -0.1) is 0 Å². The number of carbonyl (C=O) groups excluding carboxylic acids is 8. The molecule has 4 amide bonds. The number of carbonyl (C=O) groups is 9. The van der Waals surface area contributed by atoms with E-state index in [4.69, 9.17) is 89.2 Å². The van der Waals surface area contributed by atoms with Crippen LogP contribution in [0.3, 0.4) is 0 Å². The van der Waals surface area contributed by atoms with Crippen LogP contribution in [-0.4, -0.2) is 140 Å². The Morgan fingerprint density at radius 1 is 0.591 bits per heavy atom. The van der Waals surface area contributed by atoms with Crippen molar-refractivity contribution in [3.05, 3.63) is 129 Å². The summed E-state index contributed by atoms with van der Waals surface area (Å²) in [6, 6.07) is 26.6. The summed E-state index contributed by atoms with van der Waals surface area (Å²) in [5, 5.41) is 29.4. The van der Waals surface area contributed by atoms with Crippen molar-refractivity contribution in [2.75, 3.05) is 33.5 Å². The molecule has 4 aromatic rings. The molecule has 25 nitrogen and oxygen atoms in total. The molecule has 31 heteroatoms. The smallest absolute Gasteiger partial charge is 1.00 e. The van der Waals surface area contributed by atoms with E-state index in [0.717, 1.165) is 11.1 Å². The maximum Gasteiger partial charge on any atom is 1.00 e. The second kappa shape index (κ2) is 48.5. The van der Waals surface area contributed by atoms with Crippen molar-refractivity contribution in [2.24, 2.45) is 0 Å². The van der Waals surface area contributed by atoms with Crippen molar-refractivity contribution in [3.8, 4) is 11.5 Å². The molecule has 0 aliphatic rings. The van der Waals surface area contributed by atoms with Gasteiger partial charge in [-0.25, -0.2) is 28.8 Å². The molecule has 0 heterocycles. The Kier molecular flexibility index (Phi) is 47.3. The number of hydrogen-bond donors (Lipinski definition) is 5. The minimum Gasteiger partial charge on any atom is -1.00 e. The average molecular weight is 1610 g/mol. The zero-order chi connectivity index (χ0) is 70.4. The number of rotatable bonds is 24. The number of hydrogen-bond acceptors (Lipinski definition) is 20. The molecule has 0 aliphatic carbocycles. The molecule has 0 fully saturated rings. The molecule has 0 saturated heterocycles. The average Bonchev–Trinajstić information content (AvgIpc) is 0.949. The molecule has 4 atom stereocenters. The van der Waals surface area contributed by atoms with Gasteiger partial charge < -0.3 is 80.6 Å². The van der Waals surface area contributed by atoms with Crippen LogP contribution < -0.4 is 174 Å². The first-order valence-electron chi connectivity index (χ1n) is 28.4. The first-order chi connectivity index (χ1) is 42.7. The summed E-state index contributed by atoms with van der Waals surface area (Å²) in [5.41, 5.74) is -1.63. The van der Waals surface area contributed by atoms with Crippen molar-refractivity contribution in [3.63, 3.8) is 0 Å². The van der Waals surface area contributed by atoms with Crippen molar-refractivity contribution >= 4 is 89.5 Å². The van der Waals surface area contributed by atoms with Gasteiger partial charge in [0.05, 0.1) is 20.6 Å². The maximum absolute atomic E-state index is 12.7. The van der Waals surface area contributed by atoms with Crippen LogP contribution in [0, 0.1) is 0 Å². The predicted octanol–water partition coefficient (Wildman–Crippen LogP) is 4.76. The number of alkyl halides is 2. The van der Waals surface area contributed by atoms with E-state index in [2.05, 4.69) is 30.9 Å². The molecule has 508 valence electrons. The molecule has 0 radical (unpaired) electrons. The Bertz CT molecular complexity index is 2920. The number of nitrogens with one attached hydrogen (secondary N) is 4. The van der Waals surface area contributed by atoms with E-state index in [1.165, 1.54) is 41.5 Å². The second-order valence-electron chi connectivity index (χ2n) is 22.0. The fourth-order valence-electron chi connectivity index (χ4n) is 6.31. The van der Waals surface area contributed by atoms with Gasteiger partial charge in [-0.2, -0.15) is 0 Å². The molecule has 4 unspecified atom stereocenters. The molecular weight excluding hydrogens is 1530 g/mol. The van der Waals surface area contributed by atoms with E-state index in [1.54, 1.807) is 128 Å². The zero-order valence-corrected chi connectivity index (χ0v) is 70.0. The fourth-order valence-corrected chi connectivity index (χ4v) is 6.63. The Labute approximate surface area is 677 Å².